The number of nitro groups is 1. The van der Waals surface area contributed by atoms with Gasteiger partial charge in [0.1, 0.15) is 5.75 Å². The van der Waals surface area contributed by atoms with Crippen LogP contribution in [0.2, 0.25) is 5.02 Å². The number of benzene rings is 2. The van der Waals surface area contributed by atoms with Crippen molar-refractivity contribution in [3.05, 3.63) is 61.1 Å². The van der Waals surface area contributed by atoms with Crippen molar-refractivity contribution in [1.82, 2.24) is 5.32 Å². The number of rotatable bonds is 4. The zero-order valence-corrected chi connectivity index (χ0v) is 16.8. The second-order valence-corrected chi connectivity index (χ2v) is 6.86. The molecule has 0 aliphatic heterocycles. The Bertz CT molecular complexity index is 907. The van der Waals surface area contributed by atoms with Crippen LogP contribution in [-0.2, 0) is 0 Å². The predicted octanol–water partition coefficient (Wildman–Crippen LogP) is 4.45. The number of carbonyl (C=O) groups excluding carboxylic acids is 1. The summed E-state index contributed by atoms with van der Waals surface area (Å²) in [4.78, 5) is 22.8. The van der Waals surface area contributed by atoms with Crippen LogP contribution in [0.5, 0.6) is 5.75 Å². The minimum absolute atomic E-state index is 0.0583. The van der Waals surface area contributed by atoms with Gasteiger partial charge in [0.2, 0.25) is 0 Å². The number of nitrogens with one attached hydrogen (secondary N) is 2. The van der Waals surface area contributed by atoms with E-state index in [4.69, 9.17) is 28.6 Å². The molecule has 0 atom stereocenters. The average molecular weight is 459 g/mol. The number of amides is 1. The van der Waals surface area contributed by atoms with Gasteiger partial charge in [-0.1, -0.05) is 27.5 Å². The van der Waals surface area contributed by atoms with Gasteiger partial charge < -0.3 is 10.1 Å². The molecule has 2 aromatic rings. The van der Waals surface area contributed by atoms with E-state index in [1.807, 2.05) is 6.07 Å². The highest BCUT2D eigenvalue weighted by atomic mass is 79.9. The molecule has 2 aromatic carbocycles. The lowest BCUT2D eigenvalue weighted by molar-refractivity contribution is -0.384. The van der Waals surface area contributed by atoms with E-state index in [0.717, 1.165) is 5.56 Å². The summed E-state index contributed by atoms with van der Waals surface area (Å²) in [5.41, 5.74) is 1.11. The number of ether oxygens (including phenoxy) is 1. The molecule has 0 spiro atoms. The summed E-state index contributed by atoms with van der Waals surface area (Å²) < 4.78 is 5.98. The molecule has 0 aromatic heterocycles. The number of methoxy groups -OCH3 is 1. The molecule has 0 saturated carbocycles. The zero-order valence-electron chi connectivity index (χ0n) is 13.6. The Balaban J connectivity index is 2.20. The highest BCUT2D eigenvalue weighted by Gasteiger charge is 2.17. The van der Waals surface area contributed by atoms with Crippen LogP contribution < -0.4 is 15.4 Å². The van der Waals surface area contributed by atoms with E-state index in [0.29, 0.717) is 10.2 Å². The minimum Gasteiger partial charge on any atom is -0.496 e. The molecule has 1 amide bonds. The Hall–Kier alpha value is -2.23. The van der Waals surface area contributed by atoms with Crippen LogP contribution in [0.25, 0.3) is 0 Å². The fourth-order valence-electron chi connectivity index (χ4n) is 2.22. The second kappa shape index (κ2) is 8.43. The highest BCUT2D eigenvalue weighted by Crippen LogP contribution is 2.28. The normalized spacial score (nSPS) is 10.2. The molecule has 0 unspecified atom stereocenters. The number of hydrogen-bond acceptors (Lipinski definition) is 5. The van der Waals surface area contributed by atoms with Crippen LogP contribution >= 0.6 is 39.7 Å². The second-order valence-electron chi connectivity index (χ2n) is 5.13. The summed E-state index contributed by atoms with van der Waals surface area (Å²) in [6, 6.07) is 7.28. The van der Waals surface area contributed by atoms with Gasteiger partial charge >= 0.3 is 0 Å². The predicted molar refractivity (Wildman–Crippen MR) is 107 cm³/mol. The third-order valence-electron chi connectivity index (χ3n) is 3.32. The molecule has 0 radical (unpaired) electrons. The number of anilines is 1. The van der Waals surface area contributed by atoms with Crippen molar-refractivity contribution in [2.24, 2.45) is 0 Å². The molecule has 0 aliphatic rings. The summed E-state index contributed by atoms with van der Waals surface area (Å²) in [7, 11) is 1.46. The molecule has 136 valence electrons. The summed E-state index contributed by atoms with van der Waals surface area (Å²) in [6.45, 7) is 1.81. The fourth-order valence-corrected chi connectivity index (χ4v) is 3.16. The van der Waals surface area contributed by atoms with Gasteiger partial charge in [-0.15, -0.1) is 0 Å². The molecular formula is C16H13BrClN3O4S. The van der Waals surface area contributed by atoms with E-state index in [9.17, 15) is 14.9 Å². The van der Waals surface area contributed by atoms with Gasteiger partial charge in [-0.2, -0.15) is 0 Å². The molecule has 0 bridgehead atoms. The Morgan fingerprint density at radius 1 is 1.35 bits per heavy atom. The first-order chi connectivity index (χ1) is 12.2. The van der Waals surface area contributed by atoms with Crippen molar-refractivity contribution in [2.75, 3.05) is 12.4 Å². The van der Waals surface area contributed by atoms with Crippen LogP contribution in [0.1, 0.15) is 15.9 Å². The minimum atomic E-state index is -0.557. The first kappa shape index (κ1) is 20.1. The Labute approximate surface area is 168 Å². The van der Waals surface area contributed by atoms with Gasteiger partial charge in [0.05, 0.1) is 28.3 Å². The lowest BCUT2D eigenvalue weighted by atomic mass is 10.1. The molecule has 0 saturated heterocycles. The van der Waals surface area contributed by atoms with Gasteiger partial charge in [-0.05, 0) is 42.9 Å². The number of nitrogens with zero attached hydrogens (tertiary/aromatic N) is 1. The van der Waals surface area contributed by atoms with Crippen molar-refractivity contribution >= 4 is 62.1 Å². The average Bonchev–Trinajstić information content (AvgIpc) is 2.55. The van der Waals surface area contributed by atoms with Crippen LogP contribution in [0.4, 0.5) is 11.4 Å². The van der Waals surface area contributed by atoms with Gasteiger partial charge in [0, 0.05) is 16.6 Å². The number of carbonyl (C=O) groups is 1. The zero-order chi connectivity index (χ0) is 19.4. The van der Waals surface area contributed by atoms with Crippen LogP contribution in [0.3, 0.4) is 0 Å². The van der Waals surface area contributed by atoms with Crippen LogP contribution in [0.15, 0.2) is 34.8 Å². The largest absolute Gasteiger partial charge is 0.496 e. The maximum Gasteiger partial charge on any atom is 0.271 e. The van der Waals surface area contributed by atoms with Gasteiger partial charge in [-0.25, -0.2) is 0 Å². The number of hydrogen-bond donors (Lipinski definition) is 2. The standard InChI is InChI=1S/C16H13BrClN3O4S/c1-8-5-9(17)6-11(14(8)25-2)15(22)20-16(26)19-13-7-10(21(23)24)3-4-12(13)18/h3-7H,1-2H3,(H2,19,20,22,26). The van der Waals surface area contributed by atoms with E-state index in [1.54, 1.807) is 13.0 Å². The molecule has 0 heterocycles. The van der Waals surface area contributed by atoms with Crippen LogP contribution in [-0.4, -0.2) is 23.1 Å². The van der Waals surface area contributed by atoms with E-state index in [1.165, 1.54) is 25.3 Å². The van der Waals surface area contributed by atoms with E-state index in [-0.39, 0.29) is 27.1 Å². The number of aryl methyl sites for hydroxylation is 1. The molecule has 10 heteroatoms. The maximum atomic E-state index is 12.5. The smallest absolute Gasteiger partial charge is 0.271 e. The molecular weight excluding hydrogens is 446 g/mol. The topological polar surface area (TPSA) is 93.5 Å². The molecule has 0 fully saturated rings. The van der Waals surface area contributed by atoms with Gasteiger partial charge in [0.25, 0.3) is 11.6 Å². The van der Waals surface area contributed by atoms with E-state index < -0.39 is 10.8 Å². The van der Waals surface area contributed by atoms with E-state index in [2.05, 4.69) is 26.6 Å². The third kappa shape index (κ3) is 4.69. The van der Waals surface area contributed by atoms with Gasteiger partial charge in [0.15, 0.2) is 5.11 Å². The van der Waals surface area contributed by atoms with Crippen molar-refractivity contribution in [2.45, 2.75) is 6.92 Å². The van der Waals surface area contributed by atoms with Crippen molar-refractivity contribution in [1.29, 1.82) is 0 Å². The monoisotopic (exact) mass is 457 g/mol. The lowest BCUT2D eigenvalue weighted by Gasteiger charge is -2.14. The van der Waals surface area contributed by atoms with Crippen molar-refractivity contribution < 1.29 is 14.5 Å². The first-order valence-electron chi connectivity index (χ1n) is 7.13. The Morgan fingerprint density at radius 2 is 2.04 bits per heavy atom. The van der Waals surface area contributed by atoms with Gasteiger partial charge in [-0.3, -0.25) is 20.2 Å². The molecule has 7 nitrogen and oxygen atoms in total. The molecule has 2 N–H and O–H groups in total. The number of thiocarbonyl (C=S) groups is 1. The molecule has 2 rings (SSSR count). The Morgan fingerprint density at radius 3 is 2.65 bits per heavy atom. The number of nitro benzene ring substituents is 1. The number of non-ortho nitro benzene ring substituents is 1. The summed E-state index contributed by atoms with van der Waals surface area (Å²) in [6.07, 6.45) is 0. The lowest BCUT2D eigenvalue weighted by Crippen LogP contribution is -2.34. The highest BCUT2D eigenvalue weighted by molar-refractivity contribution is 9.10. The van der Waals surface area contributed by atoms with Crippen molar-refractivity contribution in [3.8, 4) is 5.75 Å². The summed E-state index contributed by atoms with van der Waals surface area (Å²) in [5.74, 6) is -0.0767. The SMILES string of the molecule is COc1c(C)cc(Br)cc1C(=O)NC(=S)Nc1cc([N+](=O)[O-])ccc1Cl. The maximum absolute atomic E-state index is 12.5. The quantitative estimate of drug-likeness (QED) is 0.399. The number of halogens is 2. The third-order valence-corrected chi connectivity index (χ3v) is 4.32. The first-order valence-corrected chi connectivity index (χ1v) is 8.71. The molecule has 26 heavy (non-hydrogen) atoms. The van der Waals surface area contributed by atoms with E-state index >= 15 is 0 Å². The van der Waals surface area contributed by atoms with Crippen molar-refractivity contribution in [3.63, 3.8) is 0 Å². The van der Waals surface area contributed by atoms with Crippen LogP contribution in [0, 0.1) is 17.0 Å². The summed E-state index contributed by atoms with van der Waals surface area (Å²) >= 11 is 14.4. The molecule has 0 aliphatic carbocycles. The summed E-state index contributed by atoms with van der Waals surface area (Å²) in [5, 5.41) is 16.2. The fraction of sp³-hybridized carbons (Fsp3) is 0.125. The Kier molecular flexibility index (Phi) is 6.52.